The molecule has 3 rings (SSSR count). The van der Waals surface area contributed by atoms with Gasteiger partial charge in [0.05, 0.1) is 6.54 Å². The van der Waals surface area contributed by atoms with Gasteiger partial charge in [-0.1, -0.05) is 34.8 Å². The molecule has 1 fully saturated rings. The summed E-state index contributed by atoms with van der Waals surface area (Å²) >= 11 is 3.36. The molecule has 132 valence electrons. The van der Waals surface area contributed by atoms with Crippen molar-refractivity contribution in [1.82, 2.24) is 5.32 Å². The first-order valence-electron chi connectivity index (χ1n) is 8.41. The van der Waals surface area contributed by atoms with Crippen LogP contribution in [0.25, 0.3) is 0 Å². The average Bonchev–Trinajstić information content (AvgIpc) is 3.08. The first-order chi connectivity index (χ1) is 12.1. The van der Waals surface area contributed by atoms with Crippen LogP contribution in [0.4, 0.5) is 10.1 Å². The minimum Gasteiger partial charge on any atom is -0.508 e. The van der Waals surface area contributed by atoms with Gasteiger partial charge in [0.25, 0.3) is 0 Å². The highest BCUT2D eigenvalue weighted by molar-refractivity contribution is 9.10. The van der Waals surface area contributed by atoms with Crippen molar-refractivity contribution >= 4 is 27.6 Å². The molecule has 0 radical (unpaired) electrons. The van der Waals surface area contributed by atoms with E-state index in [4.69, 9.17) is 0 Å². The third-order valence-corrected chi connectivity index (χ3v) is 4.71. The van der Waals surface area contributed by atoms with Crippen LogP contribution in [0.1, 0.15) is 31.2 Å². The van der Waals surface area contributed by atoms with Gasteiger partial charge < -0.3 is 15.7 Å². The van der Waals surface area contributed by atoms with Gasteiger partial charge >= 0.3 is 0 Å². The molecule has 1 aliphatic rings. The number of benzene rings is 2. The Hall–Kier alpha value is -2.08. The first-order valence-corrected chi connectivity index (χ1v) is 9.20. The second-order valence-electron chi connectivity index (χ2n) is 6.20. The Morgan fingerprint density at radius 1 is 1.20 bits per heavy atom. The third-order valence-electron chi connectivity index (χ3n) is 4.22. The molecule has 0 saturated heterocycles. The normalized spacial score (nSPS) is 15.4. The molecule has 0 spiro atoms. The van der Waals surface area contributed by atoms with Crippen molar-refractivity contribution in [2.45, 2.75) is 38.3 Å². The fourth-order valence-corrected chi connectivity index (χ4v) is 3.34. The zero-order valence-electron chi connectivity index (χ0n) is 13.8. The molecule has 1 saturated carbocycles. The Morgan fingerprint density at radius 3 is 2.76 bits per heavy atom. The van der Waals surface area contributed by atoms with E-state index in [9.17, 15) is 9.50 Å². The summed E-state index contributed by atoms with van der Waals surface area (Å²) in [6.07, 6.45) is 4.62. The van der Waals surface area contributed by atoms with E-state index in [0.29, 0.717) is 17.6 Å². The van der Waals surface area contributed by atoms with Gasteiger partial charge in [-0.05, 0) is 43.2 Å². The van der Waals surface area contributed by atoms with E-state index in [1.165, 1.54) is 18.9 Å². The van der Waals surface area contributed by atoms with E-state index in [2.05, 4.69) is 31.6 Å². The molecule has 2 aromatic rings. The van der Waals surface area contributed by atoms with Crippen LogP contribution in [-0.4, -0.2) is 17.1 Å². The predicted molar refractivity (Wildman–Crippen MR) is 102 cm³/mol. The SMILES string of the molecule is Oc1cccc(NC(=NCc2cc(Br)ccc2F)NC2CCCC2)c1. The fraction of sp³-hybridized carbons (Fsp3) is 0.316. The second-order valence-corrected chi connectivity index (χ2v) is 7.12. The van der Waals surface area contributed by atoms with Crippen molar-refractivity contribution < 1.29 is 9.50 Å². The van der Waals surface area contributed by atoms with Crippen LogP contribution in [0.5, 0.6) is 5.75 Å². The average molecular weight is 406 g/mol. The number of hydrogen-bond donors (Lipinski definition) is 3. The number of nitrogens with one attached hydrogen (secondary N) is 2. The summed E-state index contributed by atoms with van der Waals surface area (Å²) in [5, 5.41) is 16.2. The smallest absolute Gasteiger partial charge is 0.196 e. The Labute approximate surface area is 155 Å². The highest BCUT2D eigenvalue weighted by Gasteiger charge is 2.16. The maximum atomic E-state index is 13.9. The second kappa shape index (κ2) is 8.34. The number of nitrogens with zero attached hydrogens (tertiary/aromatic N) is 1. The lowest BCUT2D eigenvalue weighted by Crippen LogP contribution is -2.37. The van der Waals surface area contributed by atoms with Crippen molar-refractivity contribution in [3.8, 4) is 5.75 Å². The summed E-state index contributed by atoms with van der Waals surface area (Å²) in [5.74, 6) is 0.504. The standard InChI is InChI=1S/C19H21BrFN3O/c20-14-8-9-18(21)13(10-14)12-22-19(23-15-4-1-2-5-15)24-16-6-3-7-17(25)11-16/h3,6-11,15,25H,1-2,4-5,12H2,(H2,22,23,24). The van der Waals surface area contributed by atoms with Crippen LogP contribution in [0.15, 0.2) is 51.9 Å². The maximum Gasteiger partial charge on any atom is 0.196 e. The monoisotopic (exact) mass is 405 g/mol. The first kappa shape index (κ1) is 17.7. The van der Waals surface area contributed by atoms with Crippen LogP contribution in [0.3, 0.4) is 0 Å². The van der Waals surface area contributed by atoms with E-state index >= 15 is 0 Å². The van der Waals surface area contributed by atoms with E-state index in [1.807, 2.05) is 6.07 Å². The Bertz CT molecular complexity index is 760. The number of guanidine groups is 1. The molecule has 0 heterocycles. The van der Waals surface area contributed by atoms with Gasteiger partial charge in [0.2, 0.25) is 0 Å². The quantitative estimate of drug-likeness (QED) is 0.505. The van der Waals surface area contributed by atoms with Crippen LogP contribution in [-0.2, 0) is 6.54 Å². The number of anilines is 1. The van der Waals surface area contributed by atoms with E-state index in [0.717, 1.165) is 23.0 Å². The third kappa shape index (κ3) is 5.19. The van der Waals surface area contributed by atoms with Gasteiger partial charge in [0, 0.05) is 27.8 Å². The Morgan fingerprint density at radius 2 is 2.00 bits per heavy atom. The lowest BCUT2D eigenvalue weighted by Gasteiger charge is -2.17. The van der Waals surface area contributed by atoms with E-state index in [1.54, 1.807) is 30.3 Å². The number of rotatable bonds is 4. The molecule has 25 heavy (non-hydrogen) atoms. The largest absolute Gasteiger partial charge is 0.508 e. The van der Waals surface area contributed by atoms with E-state index in [-0.39, 0.29) is 18.1 Å². The Balaban J connectivity index is 1.77. The minimum atomic E-state index is -0.274. The molecule has 1 aliphatic carbocycles. The number of phenolic OH excluding ortho intramolecular Hbond substituents is 1. The molecule has 0 amide bonds. The zero-order chi connectivity index (χ0) is 17.6. The summed E-state index contributed by atoms with van der Waals surface area (Å²) < 4.78 is 14.8. The van der Waals surface area contributed by atoms with Gasteiger partial charge in [0.1, 0.15) is 11.6 Å². The van der Waals surface area contributed by atoms with Gasteiger partial charge in [0.15, 0.2) is 5.96 Å². The molecule has 3 N–H and O–H groups in total. The predicted octanol–water partition coefficient (Wildman–Crippen LogP) is 4.79. The topological polar surface area (TPSA) is 56.6 Å². The molecule has 4 nitrogen and oxygen atoms in total. The maximum absolute atomic E-state index is 13.9. The van der Waals surface area contributed by atoms with Crippen LogP contribution in [0.2, 0.25) is 0 Å². The van der Waals surface area contributed by atoms with Gasteiger partial charge in [-0.3, -0.25) is 0 Å². The molecule has 6 heteroatoms. The van der Waals surface area contributed by atoms with Gasteiger partial charge in [-0.25, -0.2) is 9.38 Å². The van der Waals surface area contributed by atoms with Crippen molar-refractivity contribution in [3.05, 3.63) is 58.3 Å². The van der Waals surface area contributed by atoms with Crippen LogP contribution in [0, 0.1) is 5.82 Å². The van der Waals surface area contributed by atoms with Gasteiger partial charge in [-0.15, -0.1) is 0 Å². The molecule has 0 unspecified atom stereocenters. The van der Waals surface area contributed by atoms with Crippen molar-refractivity contribution in [1.29, 1.82) is 0 Å². The summed E-state index contributed by atoms with van der Waals surface area (Å²) in [6, 6.07) is 12.1. The molecule has 2 aromatic carbocycles. The molecule has 0 aliphatic heterocycles. The lowest BCUT2D eigenvalue weighted by atomic mass is 10.2. The molecular formula is C19H21BrFN3O. The van der Waals surface area contributed by atoms with Crippen molar-refractivity contribution in [2.24, 2.45) is 4.99 Å². The minimum absolute atomic E-state index is 0.184. The number of aromatic hydroxyl groups is 1. The van der Waals surface area contributed by atoms with Crippen LogP contribution >= 0.6 is 15.9 Å². The van der Waals surface area contributed by atoms with Gasteiger partial charge in [-0.2, -0.15) is 0 Å². The Kier molecular flexibility index (Phi) is 5.91. The highest BCUT2D eigenvalue weighted by Crippen LogP contribution is 2.20. The highest BCUT2D eigenvalue weighted by atomic mass is 79.9. The number of aliphatic imine (C=N–C) groups is 1. The lowest BCUT2D eigenvalue weighted by molar-refractivity contribution is 0.475. The summed E-state index contributed by atoms with van der Waals surface area (Å²) in [6.45, 7) is 0.228. The number of halogens is 2. The van der Waals surface area contributed by atoms with Crippen molar-refractivity contribution in [3.63, 3.8) is 0 Å². The zero-order valence-corrected chi connectivity index (χ0v) is 15.4. The molecule has 0 bridgehead atoms. The fourth-order valence-electron chi connectivity index (χ4n) is 2.93. The van der Waals surface area contributed by atoms with E-state index < -0.39 is 0 Å². The summed E-state index contributed by atoms with van der Waals surface area (Å²) in [7, 11) is 0. The molecule has 0 atom stereocenters. The number of phenols is 1. The summed E-state index contributed by atoms with van der Waals surface area (Å²) in [4.78, 5) is 4.54. The van der Waals surface area contributed by atoms with Crippen LogP contribution < -0.4 is 10.6 Å². The van der Waals surface area contributed by atoms with Crippen molar-refractivity contribution in [2.75, 3.05) is 5.32 Å². The molecular weight excluding hydrogens is 385 g/mol. The summed E-state index contributed by atoms with van der Waals surface area (Å²) in [5.41, 5.74) is 1.26. The number of hydrogen-bond acceptors (Lipinski definition) is 2. The molecule has 0 aromatic heterocycles.